The van der Waals surface area contributed by atoms with Crippen molar-refractivity contribution in [3.63, 3.8) is 0 Å². The predicted molar refractivity (Wildman–Crippen MR) is 28.3 cm³/mol. The molecule has 4 heavy (non-hydrogen) atoms. The monoisotopic (exact) mass is 116 g/mol. The van der Waals surface area contributed by atoms with Crippen LogP contribution >= 0.6 is 13.5 Å². The van der Waals surface area contributed by atoms with E-state index >= 15 is 0 Å². The summed E-state index contributed by atoms with van der Waals surface area (Å²) in [6.45, 7) is 0. The molecule has 0 aromatic rings. The van der Waals surface area contributed by atoms with Crippen molar-refractivity contribution in [2.24, 2.45) is 0 Å². The van der Waals surface area contributed by atoms with Crippen molar-refractivity contribution in [3.8, 4) is 0 Å². The van der Waals surface area contributed by atoms with Gasteiger partial charge in [-0.05, 0) is 0 Å². The average Bonchev–Trinajstić information content (AvgIpc) is 0. The fourth-order valence-corrected chi connectivity index (χ4v) is 0. The number of hydrogen-bond acceptors (Lipinski definition) is 0. The average molecular weight is 116 g/mol. The van der Waals surface area contributed by atoms with Crippen molar-refractivity contribution in [3.05, 3.63) is 0 Å². The SMILES string of the molecule is O.S.[KH].[NaH]. The first-order chi connectivity index (χ1) is 0. The number of rotatable bonds is 0. The van der Waals surface area contributed by atoms with E-state index in [9.17, 15) is 0 Å². The van der Waals surface area contributed by atoms with Crippen LogP contribution in [-0.4, -0.2) is 86.4 Å². The zero-order valence-corrected chi connectivity index (χ0v) is 2.00. The van der Waals surface area contributed by atoms with Crippen molar-refractivity contribution < 1.29 is 5.48 Å². The van der Waals surface area contributed by atoms with Gasteiger partial charge in [0, 0.05) is 0 Å². The molecule has 1 nitrogen and oxygen atoms in total. The van der Waals surface area contributed by atoms with Crippen molar-refractivity contribution in [1.29, 1.82) is 0 Å². The van der Waals surface area contributed by atoms with Crippen LogP contribution in [0.2, 0.25) is 0 Å². The molecule has 0 spiro atoms. The minimum atomic E-state index is 0. The van der Waals surface area contributed by atoms with Crippen LogP contribution < -0.4 is 0 Å². The second kappa shape index (κ2) is 16.8. The van der Waals surface area contributed by atoms with Crippen molar-refractivity contribution in [2.75, 3.05) is 0 Å². The summed E-state index contributed by atoms with van der Waals surface area (Å²) in [5.74, 6) is 0. The Labute approximate surface area is 97.4 Å². The Morgan fingerprint density at radius 3 is 1.00 bits per heavy atom. The second-order valence-corrected chi connectivity index (χ2v) is 0. The third kappa shape index (κ3) is 8.87. The van der Waals surface area contributed by atoms with Crippen LogP contribution in [0.3, 0.4) is 0 Å². The zero-order chi connectivity index (χ0) is 0. The van der Waals surface area contributed by atoms with E-state index in [0.717, 1.165) is 0 Å². The molecule has 0 radical (unpaired) electrons. The summed E-state index contributed by atoms with van der Waals surface area (Å²) in [4.78, 5) is 0. The Morgan fingerprint density at radius 2 is 1.00 bits per heavy atom. The molecule has 0 bridgehead atoms. The van der Waals surface area contributed by atoms with E-state index in [4.69, 9.17) is 0 Å². The quantitative estimate of drug-likeness (QED) is 0.328. The molecule has 0 heterocycles. The summed E-state index contributed by atoms with van der Waals surface area (Å²) in [5.41, 5.74) is 0. The molecule has 4 heteroatoms. The van der Waals surface area contributed by atoms with E-state index in [1.165, 1.54) is 0 Å². The molecule has 0 aliphatic carbocycles. The van der Waals surface area contributed by atoms with Crippen LogP contribution in [0.25, 0.3) is 0 Å². The van der Waals surface area contributed by atoms with E-state index in [1.54, 1.807) is 0 Å². The third-order valence-electron chi connectivity index (χ3n) is 0. The molecule has 0 amide bonds. The van der Waals surface area contributed by atoms with Gasteiger partial charge < -0.3 is 5.48 Å². The summed E-state index contributed by atoms with van der Waals surface area (Å²) in [5, 5.41) is 0. The van der Waals surface area contributed by atoms with Crippen LogP contribution in [0.15, 0.2) is 0 Å². The van der Waals surface area contributed by atoms with Gasteiger partial charge in [0.1, 0.15) is 0 Å². The van der Waals surface area contributed by atoms with Crippen LogP contribution in [0, 0.1) is 0 Å². The third-order valence-corrected chi connectivity index (χ3v) is 0. The summed E-state index contributed by atoms with van der Waals surface area (Å²) < 4.78 is 0. The molecular formula is H6KNaOS. The molecule has 0 saturated heterocycles. The van der Waals surface area contributed by atoms with Crippen LogP contribution in [0.4, 0.5) is 0 Å². The molecule has 20 valence electrons. The van der Waals surface area contributed by atoms with E-state index in [0.29, 0.717) is 0 Å². The molecule has 0 aliphatic rings. The molecule has 0 aromatic carbocycles. The Kier molecular flexibility index (Phi) is 119. The van der Waals surface area contributed by atoms with E-state index in [-0.39, 0.29) is 99.9 Å². The van der Waals surface area contributed by atoms with E-state index in [1.807, 2.05) is 0 Å². The van der Waals surface area contributed by atoms with Crippen molar-refractivity contribution >= 4 is 94.4 Å². The number of hydrogen-bond donors (Lipinski definition) is 0. The van der Waals surface area contributed by atoms with Gasteiger partial charge in [0.15, 0.2) is 0 Å². The fourth-order valence-electron chi connectivity index (χ4n) is 0. The molecule has 0 aromatic heterocycles. The molecule has 0 unspecified atom stereocenters. The molecular weight excluding hydrogens is 110 g/mol. The Morgan fingerprint density at radius 1 is 1.00 bits per heavy atom. The van der Waals surface area contributed by atoms with Crippen molar-refractivity contribution in [2.45, 2.75) is 0 Å². The van der Waals surface area contributed by atoms with E-state index in [2.05, 4.69) is 0 Å². The maximum atomic E-state index is 0. The second-order valence-electron chi connectivity index (χ2n) is 0. The van der Waals surface area contributed by atoms with Gasteiger partial charge in [0.05, 0.1) is 0 Å². The van der Waals surface area contributed by atoms with Gasteiger partial charge in [0.25, 0.3) is 0 Å². The Balaban J connectivity index is 0. The minimum absolute atomic E-state index is 0. The molecule has 2 N–H and O–H groups in total. The zero-order valence-electron chi connectivity index (χ0n) is 1.00. The first kappa shape index (κ1) is 28.3. The van der Waals surface area contributed by atoms with Gasteiger partial charge in [0.2, 0.25) is 0 Å². The predicted octanol–water partition coefficient (Wildman–Crippen LogP) is -2.01. The molecule has 0 rings (SSSR count). The van der Waals surface area contributed by atoms with Gasteiger partial charge in [-0.1, -0.05) is 0 Å². The normalized spacial score (nSPS) is 0. The fraction of sp³-hybridized carbons (Fsp3) is 0. The van der Waals surface area contributed by atoms with Crippen LogP contribution in [0.1, 0.15) is 0 Å². The van der Waals surface area contributed by atoms with Gasteiger partial charge in [-0.3, -0.25) is 0 Å². The van der Waals surface area contributed by atoms with Gasteiger partial charge in [-0.2, -0.15) is 13.5 Å². The van der Waals surface area contributed by atoms with Gasteiger partial charge >= 0.3 is 80.9 Å². The molecule has 0 fully saturated rings. The Bertz CT molecular complexity index is 8.00. The van der Waals surface area contributed by atoms with Crippen LogP contribution in [0.5, 0.6) is 0 Å². The summed E-state index contributed by atoms with van der Waals surface area (Å²) in [6, 6.07) is 0. The van der Waals surface area contributed by atoms with Gasteiger partial charge in [-0.25, -0.2) is 0 Å². The topological polar surface area (TPSA) is 31.5 Å². The van der Waals surface area contributed by atoms with Crippen LogP contribution in [-0.2, 0) is 0 Å². The van der Waals surface area contributed by atoms with Crippen molar-refractivity contribution in [1.82, 2.24) is 0 Å². The summed E-state index contributed by atoms with van der Waals surface area (Å²) in [6.07, 6.45) is 0. The molecule has 0 saturated carbocycles. The summed E-state index contributed by atoms with van der Waals surface area (Å²) >= 11 is 0. The first-order valence-corrected chi connectivity index (χ1v) is 0. The maximum absolute atomic E-state index is 0. The summed E-state index contributed by atoms with van der Waals surface area (Å²) in [7, 11) is 0. The molecule has 0 atom stereocenters. The van der Waals surface area contributed by atoms with E-state index < -0.39 is 0 Å². The standard InChI is InChI=1S/K.Na.H2O.H2S.2H/h;;2*1H2;;. The molecule has 0 aliphatic heterocycles. The Hall–Kier alpha value is 2.95. The first-order valence-electron chi connectivity index (χ1n) is 0. The van der Waals surface area contributed by atoms with Gasteiger partial charge in [-0.15, -0.1) is 0 Å².